The Kier molecular flexibility index (Phi) is 4.67. The van der Waals surface area contributed by atoms with E-state index in [2.05, 4.69) is 24.1 Å². The number of rotatable bonds is 5. The number of oxazole rings is 1. The number of hydrogen-bond donors (Lipinski definition) is 1. The molecular weight excluding hydrogens is 281 g/mol. The van der Waals surface area contributed by atoms with Gasteiger partial charge in [-0.2, -0.15) is 13.2 Å². The first kappa shape index (κ1) is 15.6. The molecular formula is C15H17F3N2O. The van der Waals surface area contributed by atoms with Crippen molar-refractivity contribution in [2.75, 3.05) is 6.54 Å². The number of aromatic nitrogens is 1. The fourth-order valence-electron chi connectivity index (χ4n) is 1.84. The van der Waals surface area contributed by atoms with Crippen LogP contribution in [-0.2, 0) is 12.7 Å². The third kappa shape index (κ3) is 4.32. The first-order valence-corrected chi connectivity index (χ1v) is 6.69. The van der Waals surface area contributed by atoms with E-state index in [0.717, 1.165) is 18.7 Å². The van der Waals surface area contributed by atoms with Gasteiger partial charge in [-0.05, 0) is 24.6 Å². The van der Waals surface area contributed by atoms with Crippen LogP contribution in [0.3, 0.4) is 0 Å². The quantitative estimate of drug-likeness (QED) is 0.903. The Morgan fingerprint density at radius 3 is 2.71 bits per heavy atom. The molecule has 0 unspecified atom stereocenters. The van der Waals surface area contributed by atoms with E-state index in [9.17, 15) is 13.2 Å². The minimum Gasteiger partial charge on any atom is -0.439 e. The SMILES string of the molecule is CC(C)CNCc1ncc(-c2cccc(C(F)(F)F)c2)o1. The van der Waals surface area contributed by atoms with E-state index in [1.807, 2.05) is 0 Å². The summed E-state index contributed by atoms with van der Waals surface area (Å²) in [5, 5.41) is 3.17. The lowest BCUT2D eigenvalue weighted by molar-refractivity contribution is -0.137. The average Bonchev–Trinajstić information content (AvgIpc) is 2.86. The highest BCUT2D eigenvalue weighted by Crippen LogP contribution is 2.32. The van der Waals surface area contributed by atoms with Gasteiger partial charge in [0.15, 0.2) is 5.76 Å². The highest BCUT2D eigenvalue weighted by molar-refractivity contribution is 5.57. The molecule has 21 heavy (non-hydrogen) atoms. The van der Waals surface area contributed by atoms with Crippen molar-refractivity contribution in [1.29, 1.82) is 0 Å². The number of hydrogen-bond acceptors (Lipinski definition) is 3. The lowest BCUT2D eigenvalue weighted by atomic mass is 10.1. The summed E-state index contributed by atoms with van der Waals surface area (Å²) >= 11 is 0. The molecule has 0 aliphatic rings. The average molecular weight is 298 g/mol. The molecule has 1 aromatic carbocycles. The smallest absolute Gasteiger partial charge is 0.416 e. The van der Waals surface area contributed by atoms with Gasteiger partial charge < -0.3 is 9.73 Å². The van der Waals surface area contributed by atoms with Gasteiger partial charge in [0.2, 0.25) is 5.89 Å². The van der Waals surface area contributed by atoms with Gasteiger partial charge in [0.1, 0.15) is 0 Å². The molecule has 3 nitrogen and oxygen atoms in total. The molecule has 0 aliphatic heterocycles. The summed E-state index contributed by atoms with van der Waals surface area (Å²) in [6.07, 6.45) is -2.92. The lowest BCUT2D eigenvalue weighted by Gasteiger charge is -2.07. The number of benzene rings is 1. The van der Waals surface area contributed by atoms with Crippen molar-refractivity contribution in [2.45, 2.75) is 26.6 Å². The fraction of sp³-hybridized carbons (Fsp3) is 0.400. The van der Waals surface area contributed by atoms with Crippen LogP contribution in [0.2, 0.25) is 0 Å². The number of alkyl halides is 3. The van der Waals surface area contributed by atoms with Gasteiger partial charge in [-0.3, -0.25) is 0 Å². The molecule has 0 saturated carbocycles. The van der Waals surface area contributed by atoms with E-state index >= 15 is 0 Å². The zero-order chi connectivity index (χ0) is 15.5. The maximum Gasteiger partial charge on any atom is 0.416 e. The predicted molar refractivity (Wildman–Crippen MR) is 73.5 cm³/mol. The molecule has 0 spiro atoms. The number of halogens is 3. The zero-order valence-electron chi connectivity index (χ0n) is 11.9. The van der Waals surface area contributed by atoms with Gasteiger partial charge >= 0.3 is 6.18 Å². The highest BCUT2D eigenvalue weighted by atomic mass is 19.4. The van der Waals surface area contributed by atoms with Crippen molar-refractivity contribution in [3.05, 3.63) is 41.9 Å². The molecule has 6 heteroatoms. The van der Waals surface area contributed by atoms with Crippen LogP contribution in [0.4, 0.5) is 13.2 Å². The lowest BCUT2D eigenvalue weighted by Crippen LogP contribution is -2.18. The molecule has 114 valence electrons. The Morgan fingerprint density at radius 2 is 2.05 bits per heavy atom. The number of nitrogens with one attached hydrogen (secondary N) is 1. The van der Waals surface area contributed by atoms with Gasteiger partial charge in [-0.15, -0.1) is 0 Å². The van der Waals surface area contributed by atoms with Crippen LogP contribution in [0, 0.1) is 5.92 Å². The summed E-state index contributed by atoms with van der Waals surface area (Å²) in [5.41, 5.74) is -0.330. The maximum atomic E-state index is 12.7. The van der Waals surface area contributed by atoms with Crippen molar-refractivity contribution in [1.82, 2.24) is 10.3 Å². The summed E-state index contributed by atoms with van der Waals surface area (Å²) in [7, 11) is 0. The van der Waals surface area contributed by atoms with Crippen molar-refractivity contribution in [2.24, 2.45) is 5.92 Å². The summed E-state index contributed by atoms with van der Waals surface area (Å²) in [5.74, 6) is 1.30. The molecule has 0 aliphatic carbocycles. The van der Waals surface area contributed by atoms with Gasteiger partial charge in [0.05, 0.1) is 18.3 Å². The largest absolute Gasteiger partial charge is 0.439 e. The second-order valence-corrected chi connectivity index (χ2v) is 5.22. The maximum absolute atomic E-state index is 12.7. The van der Waals surface area contributed by atoms with Crippen LogP contribution in [0.5, 0.6) is 0 Å². The summed E-state index contributed by atoms with van der Waals surface area (Å²) in [6, 6.07) is 5.02. The van der Waals surface area contributed by atoms with Crippen LogP contribution in [-0.4, -0.2) is 11.5 Å². The van der Waals surface area contributed by atoms with Crippen molar-refractivity contribution in [3.63, 3.8) is 0 Å². The molecule has 0 saturated heterocycles. The van der Waals surface area contributed by atoms with Crippen LogP contribution < -0.4 is 5.32 Å². The molecule has 2 aromatic rings. The van der Waals surface area contributed by atoms with E-state index in [1.54, 1.807) is 6.07 Å². The van der Waals surface area contributed by atoms with Gasteiger partial charge in [0.25, 0.3) is 0 Å². The molecule has 0 radical (unpaired) electrons. The molecule has 0 amide bonds. The van der Waals surface area contributed by atoms with Crippen LogP contribution in [0.25, 0.3) is 11.3 Å². The minimum absolute atomic E-state index is 0.336. The Morgan fingerprint density at radius 1 is 1.29 bits per heavy atom. The number of nitrogens with zero attached hydrogens (tertiary/aromatic N) is 1. The molecule has 1 heterocycles. The molecule has 0 bridgehead atoms. The predicted octanol–water partition coefficient (Wildman–Crippen LogP) is 4.11. The third-order valence-electron chi connectivity index (χ3n) is 2.86. The second kappa shape index (κ2) is 6.30. The molecule has 0 atom stereocenters. The minimum atomic E-state index is -4.36. The Hall–Kier alpha value is -1.82. The fourth-order valence-corrected chi connectivity index (χ4v) is 1.84. The monoisotopic (exact) mass is 298 g/mol. The van der Waals surface area contributed by atoms with E-state index in [1.165, 1.54) is 12.3 Å². The first-order chi connectivity index (χ1) is 9.86. The third-order valence-corrected chi connectivity index (χ3v) is 2.86. The molecule has 2 rings (SSSR count). The standard InChI is InChI=1S/C15H17F3N2O/c1-10(2)7-19-9-14-20-8-13(21-14)11-4-3-5-12(6-11)15(16,17)18/h3-6,8,10,19H,7,9H2,1-2H3. The first-order valence-electron chi connectivity index (χ1n) is 6.69. The Bertz CT molecular complexity index is 591. The molecule has 0 fully saturated rings. The second-order valence-electron chi connectivity index (χ2n) is 5.22. The van der Waals surface area contributed by atoms with E-state index < -0.39 is 11.7 Å². The van der Waals surface area contributed by atoms with Crippen molar-refractivity contribution in [3.8, 4) is 11.3 Å². The summed E-state index contributed by atoms with van der Waals surface area (Å²) in [4.78, 5) is 4.07. The highest BCUT2D eigenvalue weighted by Gasteiger charge is 2.30. The van der Waals surface area contributed by atoms with Crippen LogP contribution in [0.1, 0.15) is 25.3 Å². The topological polar surface area (TPSA) is 38.1 Å². The van der Waals surface area contributed by atoms with Crippen LogP contribution in [0.15, 0.2) is 34.9 Å². The van der Waals surface area contributed by atoms with E-state index in [4.69, 9.17) is 4.42 Å². The summed E-state index contributed by atoms with van der Waals surface area (Å²) in [6.45, 7) is 5.44. The molecule has 1 N–H and O–H groups in total. The Balaban J connectivity index is 2.11. The van der Waals surface area contributed by atoms with Crippen molar-refractivity contribution >= 4 is 0 Å². The van der Waals surface area contributed by atoms with Gasteiger partial charge in [0, 0.05) is 5.56 Å². The van der Waals surface area contributed by atoms with Crippen LogP contribution >= 0.6 is 0 Å². The normalized spacial score (nSPS) is 12.1. The zero-order valence-corrected chi connectivity index (χ0v) is 11.9. The van der Waals surface area contributed by atoms with E-state index in [-0.39, 0.29) is 0 Å². The van der Waals surface area contributed by atoms with Gasteiger partial charge in [-0.25, -0.2) is 4.98 Å². The Labute approximate surface area is 121 Å². The van der Waals surface area contributed by atoms with Crippen molar-refractivity contribution < 1.29 is 17.6 Å². The van der Waals surface area contributed by atoms with E-state index in [0.29, 0.717) is 29.7 Å². The van der Waals surface area contributed by atoms with Gasteiger partial charge in [-0.1, -0.05) is 26.0 Å². The molecule has 1 aromatic heterocycles. The summed E-state index contributed by atoms with van der Waals surface area (Å²) < 4.78 is 43.5.